The molecule has 2 aromatic heterocycles. The van der Waals surface area contributed by atoms with E-state index in [2.05, 4.69) is 54.3 Å². The topological polar surface area (TPSA) is 248 Å². The Bertz CT molecular complexity index is 3320. The number of nitrogens with zero attached hydrogens (tertiary/aromatic N) is 9. The van der Waals surface area contributed by atoms with Gasteiger partial charge in [0.1, 0.15) is 37.0 Å². The van der Waals surface area contributed by atoms with Gasteiger partial charge in [-0.1, -0.05) is 87.5 Å². The number of hydrogen-bond acceptors (Lipinski definition) is 17. The van der Waals surface area contributed by atoms with E-state index in [9.17, 15) is 38.7 Å². The molecule has 87 heavy (non-hydrogen) atoms. The zero-order valence-corrected chi connectivity index (χ0v) is 51.5. The van der Waals surface area contributed by atoms with Gasteiger partial charge in [-0.3, -0.25) is 28.9 Å². The number of benzene rings is 3. The Kier molecular flexibility index (Phi) is 21.9. The number of anilines is 2. The second-order valence-corrected chi connectivity index (χ2v) is 24.7. The van der Waals surface area contributed by atoms with Gasteiger partial charge in [-0.15, -0.1) is 11.3 Å². The van der Waals surface area contributed by atoms with E-state index >= 15 is 0 Å². The number of rotatable bonds is 25. The Hall–Kier alpha value is -7.17. The van der Waals surface area contributed by atoms with Crippen LogP contribution in [0.1, 0.15) is 94.1 Å². The molecule has 0 saturated carbocycles. The van der Waals surface area contributed by atoms with Crippen molar-refractivity contribution in [1.82, 2.24) is 45.6 Å². The van der Waals surface area contributed by atoms with Crippen molar-refractivity contribution in [3.8, 4) is 16.5 Å². The Morgan fingerprint density at radius 1 is 0.920 bits per heavy atom. The van der Waals surface area contributed by atoms with Crippen molar-refractivity contribution in [3.05, 3.63) is 112 Å². The van der Waals surface area contributed by atoms with E-state index < -0.39 is 53.3 Å². The second kappa shape index (κ2) is 29.7. The number of aromatic nitrogens is 3. The second-order valence-electron chi connectivity index (χ2n) is 23.4. The largest absolute Gasteiger partial charge is 0.379 e. The number of carbonyl (C=O) groups is 5. The van der Waals surface area contributed by atoms with Gasteiger partial charge in [0.05, 0.1) is 78.3 Å². The lowest BCUT2D eigenvalue weighted by atomic mass is 9.85. The fraction of sp³-hybridized carbons (Fsp3) is 0.508. The molecule has 4 aliphatic heterocycles. The molecule has 6 heterocycles. The van der Waals surface area contributed by atoms with E-state index in [1.54, 1.807) is 16.8 Å². The minimum absolute atomic E-state index is 0.0132. The number of amides is 5. The first-order valence-corrected chi connectivity index (χ1v) is 31.1. The van der Waals surface area contributed by atoms with Crippen molar-refractivity contribution < 1.29 is 47.7 Å². The quantitative estimate of drug-likeness (QED) is 0.0350. The van der Waals surface area contributed by atoms with Gasteiger partial charge in [0.15, 0.2) is 11.7 Å². The molecule has 9 rings (SSSR count). The molecule has 0 radical (unpaired) electrons. The van der Waals surface area contributed by atoms with Gasteiger partial charge in [0.25, 0.3) is 5.91 Å². The van der Waals surface area contributed by atoms with Crippen LogP contribution in [0.2, 0.25) is 5.02 Å². The highest BCUT2D eigenvalue weighted by Gasteiger charge is 2.46. The molecule has 0 spiro atoms. The first kappa shape index (κ1) is 64.3. The lowest BCUT2D eigenvalue weighted by Crippen LogP contribution is -2.59. The third-order valence-corrected chi connectivity index (χ3v) is 17.7. The van der Waals surface area contributed by atoms with Gasteiger partial charge in [0.2, 0.25) is 23.6 Å². The molecule has 0 bridgehead atoms. The summed E-state index contributed by atoms with van der Waals surface area (Å²) in [6.45, 7) is 15.2. The molecule has 5 amide bonds. The van der Waals surface area contributed by atoms with Crippen LogP contribution in [0.3, 0.4) is 0 Å². The first-order valence-electron chi connectivity index (χ1n) is 29.8. The van der Waals surface area contributed by atoms with Crippen molar-refractivity contribution >= 4 is 74.8 Å². The number of ether oxygens (including phenoxy) is 3. The smallest absolute Gasteiger partial charge is 0.282 e. The number of carbonyl (C=O) groups excluding carboxylic acids is 5. The minimum Gasteiger partial charge on any atom is -0.379 e. The summed E-state index contributed by atoms with van der Waals surface area (Å²) in [7, 11) is 0. The number of thiazole rings is 1. The summed E-state index contributed by atoms with van der Waals surface area (Å²) in [5, 5.41) is 32.0. The number of halogens is 2. The van der Waals surface area contributed by atoms with Gasteiger partial charge >= 0.3 is 0 Å². The molecule has 5 atom stereocenters. The Morgan fingerprint density at radius 3 is 2.43 bits per heavy atom. The molecule has 4 aliphatic rings. The number of hydrogen-bond donors (Lipinski definition) is 4. The van der Waals surface area contributed by atoms with Crippen LogP contribution < -0.4 is 25.8 Å². The predicted molar refractivity (Wildman–Crippen MR) is 329 cm³/mol. The normalized spacial score (nSPS) is 19.2. The number of nitriles is 1. The average Bonchev–Trinajstić information content (AvgIpc) is 2.41. The molecular weight excluding hydrogens is 1160 g/mol. The number of nitrogens with one attached hydrogen (secondary N) is 3. The van der Waals surface area contributed by atoms with Crippen LogP contribution in [0.5, 0.6) is 0 Å². The number of aryl methyl sites for hydroxylation is 1. The Balaban J connectivity index is 0.694. The maximum Gasteiger partial charge on any atom is 0.282 e. The van der Waals surface area contributed by atoms with Crippen molar-refractivity contribution in [2.75, 3.05) is 82.0 Å². The molecule has 3 aromatic carbocycles. The predicted octanol–water partition coefficient (Wildman–Crippen LogP) is 6.72. The van der Waals surface area contributed by atoms with E-state index in [1.807, 2.05) is 82.3 Å². The number of aliphatic hydroxyl groups is 1. The highest BCUT2D eigenvalue weighted by Crippen LogP contribution is 2.38. The van der Waals surface area contributed by atoms with Crippen LogP contribution >= 0.6 is 22.9 Å². The fourth-order valence-corrected chi connectivity index (χ4v) is 12.9. The van der Waals surface area contributed by atoms with Gasteiger partial charge in [0, 0.05) is 81.8 Å². The SMILES string of the molecule is C=C(F)C(=O)N1CCN(c2nc(CO[C@@H]3CCCN3CCC(=O)NCCOCCOCCC(=O)N[C@@H](C(=O)N3[C@H](O)CC[C@H]3C(=O)NCc3ccc(-c4scnc4C)cc3)C(C)(C)C)nc3c2CCN(c2cccc4cccc(Cl)c24)C3)C[C@@H]1CC#N. The van der Waals surface area contributed by atoms with E-state index in [0.29, 0.717) is 49.3 Å². The van der Waals surface area contributed by atoms with E-state index in [-0.39, 0.29) is 109 Å². The highest BCUT2D eigenvalue weighted by atomic mass is 35.5. The molecule has 5 aromatic rings. The molecule has 3 fully saturated rings. The van der Waals surface area contributed by atoms with E-state index in [4.69, 9.17) is 35.8 Å². The van der Waals surface area contributed by atoms with Crippen LogP contribution in [-0.2, 0) is 64.3 Å². The number of aliphatic hydroxyl groups excluding tert-OH is 1. The van der Waals surface area contributed by atoms with Gasteiger partial charge in [-0.2, -0.15) is 5.26 Å². The minimum atomic E-state index is -1.18. The third kappa shape index (κ3) is 16.1. The summed E-state index contributed by atoms with van der Waals surface area (Å²) < 4.78 is 32.0. The molecular formula is C63H78ClFN12O9S. The maximum atomic E-state index is 14.1. The Morgan fingerprint density at radius 2 is 1.69 bits per heavy atom. The van der Waals surface area contributed by atoms with Crippen LogP contribution in [-0.4, -0.2) is 167 Å². The standard InChI is InChI=1S/C63H78ClFN12O9S/c1-40(65)61(82)76-30-29-75(36-45(76)20-24-66)59-46-21-27-74(49-12-7-10-43-9-6-11-47(64)56(43)49)37-48(46)70-51(71-59)38-86-55-13-8-26-73(55)28-22-52(78)67-25-32-85-34-33-84-31-23-53(79)72-58(63(3,4)5)62(83)77-50(18-19-54(77)80)60(81)68-35-42-14-16-44(17-15-42)57-41(2)69-39-87-57/h6-7,9-12,14-17,39,45,50,54-55,58,80H,1,8,13,18-23,25-38H2,2-5H3,(H,67,78)(H,68,81)(H,72,79)/t45-,50-,54+,55+,58-/m0/s1. The Labute approximate surface area is 516 Å². The van der Waals surface area contributed by atoms with Crippen LogP contribution in [0, 0.1) is 23.7 Å². The maximum absolute atomic E-state index is 14.1. The van der Waals surface area contributed by atoms with Crippen molar-refractivity contribution in [3.63, 3.8) is 0 Å². The molecule has 4 N–H and O–H groups in total. The van der Waals surface area contributed by atoms with Gasteiger partial charge in [-0.05, 0) is 73.1 Å². The molecule has 21 nitrogen and oxygen atoms in total. The summed E-state index contributed by atoms with van der Waals surface area (Å²) >= 11 is 8.35. The number of piperazine rings is 1. The summed E-state index contributed by atoms with van der Waals surface area (Å²) in [5.41, 5.74) is 6.73. The van der Waals surface area contributed by atoms with Crippen molar-refractivity contribution in [2.24, 2.45) is 5.41 Å². The highest BCUT2D eigenvalue weighted by molar-refractivity contribution is 7.13. The fourth-order valence-electron chi connectivity index (χ4n) is 11.8. The van der Waals surface area contributed by atoms with E-state index in [1.165, 1.54) is 9.80 Å². The monoisotopic (exact) mass is 1230 g/mol. The summed E-state index contributed by atoms with van der Waals surface area (Å²) in [5.74, 6) is -2.17. The zero-order chi connectivity index (χ0) is 61.8. The van der Waals surface area contributed by atoms with Crippen molar-refractivity contribution in [1.29, 1.82) is 5.26 Å². The van der Waals surface area contributed by atoms with Crippen molar-refractivity contribution in [2.45, 2.75) is 129 Å². The zero-order valence-electron chi connectivity index (χ0n) is 49.9. The van der Waals surface area contributed by atoms with Crippen LogP contribution in [0.25, 0.3) is 21.2 Å². The average molecular weight is 1230 g/mol. The lowest BCUT2D eigenvalue weighted by molar-refractivity contribution is -0.152. The third-order valence-electron chi connectivity index (χ3n) is 16.4. The van der Waals surface area contributed by atoms with Crippen LogP contribution in [0.15, 0.2) is 78.6 Å². The molecule has 24 heteroatoms. The van der Waals surface area contributed by atoms with Gasteiger partial charge < -0.3 is 54.9 Å². The molecule has 464 valence electrons. The number of likely N-dealkylation sites (tertiary alicyclic amines) is 2. The molecule has 0 unspecified atom stereocenters. The molecule has 3 saturated heterocycles. The number of fused-ring (bicyclic) bond motifs is 2. The molecule has 0 aliphatic carbocycles. The van der Waals surface area contributed by atoms with Gasteiger partial charge in [-0.25, -0.2) is 19.3 Å². The summed E-state index contributed by atoms with van der Waals surface area (Å²) in [4.78, 5) is 91.2. The van der Waals surface area contributed by atoms with E-state index in [0.717, 1.165) is 68.8 Å². The lowest BCUT2D eigenvalue weighted by Gasteiger charge is -2.42. The summed E-state index contributed by atoms with van der Waals surface area (Å²) in [6.07, 6.45) is 1.55. The van der Waals surface area contributed by atoms with Crippen LogP contribution in [0.4, 0.5) is 15.9 Å². The first-order chi connectivity index (χ1) is 41.9. The summed E-state index contributed by atoms with van der Waals surface area (Å²) in [6, 6.07) is 19.5.